The van der Waals surface area contributed by atoms with Crippen molar-refractivity contribution in [3.05, 3.63) is 51.8 Å². The van der Waals surface area contributed by atoms with Crippen molar-refractivity contribution in [2.75, 3.05) is 18.9 Å². The van der Waals surface area contributed by atoms with Gasteiger partial charge in [0.05, 0.1) is 22.8 Å². The number of non-ortho nitro benzene ring substituents is 1. The zero-order valence-electron chi connectivity index (χ0n) is 12.7. The first-order chi connectivity index (χ1) is 10.9. The molecule has 23 heavy (non-hydrogen) atoms. The van der Waals surface area contributed by atoms with E-state index in [1.807, 2.05) is 0 Å². The fourth-order valence-corrected chi connectivity index (χ4v) is 2.06. The second-order valence-electron chi connectivity index (χ2n) is 4.91. The molecule has 0 spiro atoms. The van der Waals surface area contributed by atoms with E-state index in [0.717, 1.165) is 0 Å². The van der Waals surface area contributed by atoms with Gasteiger partial charge in [0, 0.05) is 50.2 Å². The Balaban J connectivity index is 2.18. The molecule has 0 bridgehead atoms. The zero-order chi connectivity index (χ0) is 17.0. The highest BCUT2D eigenvalue weighted by molar-refractivity contribution is 6.00. The van der Waals surface area contributed by atoms with Crippen molar-refractivity contribution in [1.29, 1.82) is 0 Å². The van der Waals surface area contributed by atoms with E-state index in [9.17, 15) is 20.0 Å². The lowest BCUT2D eigenvalue weighted by Crippen LogP contribution is -2.21. The van der Waals surface area contributed by atoms with Crippen LogP contribution in [0.1, 0.15) is 22.0 Å². The van der Waals surface area contributed by atoms with Gasteiger partial charge in [-0.2, -0.15) is 5.10 Å². The lowest BCUT2D eigenvalue weighted by molar-refractivity contribution is -0.384. The van der Waals surface area contributed by atoms with Gasteiger partial charge in [0.25, 0.3) is 11.6 Å². The van der Waals surface area contributed by atoms with Crippen molar-refractivity contribution in [1.82, 2.24) is 15.1 Å². The Morgan fingerprint density at radius 1 is 1.52 bits per heavy atom. The Morgan fingerprint density at radius 3 is 2.83 bits per heavy atom. The van der Waals surface area contributed by atoms with Gasteiger partial charge in [-0.1, -0.05) is 0 Å². The number of carbonyl (C=O) groups excluding carboxylic acids is 1. The van der Waals surface area contributed by atoms with Crippen LogP contribution in [0.15, 0.2) is 30.6 Å². The van der Waals surface area contributed by atoms with Crippen LogP contribution < -0.4 is 10.6 Å². The Labute approximate surface area is 132 Å². The number of anilines is 1. The van der Waals surface area contributed by atoms with Crippen LogP contribution in [0.4, 0.5) is 11.4 Å². The highest BCUT2D eigenvalue weighted by Gasteiger charge is 2.17. The van der Waals surface area contributed by atoms with Crippen molar-refractivity contribution in [3.63, 3.8) is 0 Å². The van der Waals surface area contributed by atoms with E-state index in [2.05, 4.69) is 15.7 Å². The molecule has 9 heteroatoms. The van der Waals surface area contributed by atoms with Gasteiger partial charge in [-0.05, 0) is 6.07 Å². The van der Waals surface area contributed by atoms with Crippen LogP contribution in [0.25, 0.3) is 0 Å². The van der Waals surface area contributed by atoms with Crippen molar-refractivity contribution in [2.24, 2.45) is 7.05 Å². The highest BCUT2D eigenvalue weighted by Crippen LogP contribution is 2.23. The molecule has 2 aromatic rings. The number of nitrogens with one attached hydrogen (secondary N) is 2. The van der Waals surface area contributed by atoms with Gasteiger partial charge in [0.2, 0.25) is 0 Å². The molecule has 1 aromatic heterocycles. The summed E-state index contributed by atoms with van der Waals surface area (Å²) in [5, 5.41) is 30.3. The van der Waals surface area contributed by atoms with Crippen LogP contribution >= 0.6 is 0 Å². The number of nitro groups is 1. The molecule has 0 radical (unpaired) electrons. The van der Waals surface area contributed by atoms with Crippen molar-refractivity contribution in [3.8, 4) is 0 Å². The fourth-order valence-electron chi connectivity index (χ4n) is 2.06. The maximum Gasteiger partial charge on any atom is 0.270 e. The first kappa shape index (κ1) is 16.4. The fraction of sp³-hybridized carbons (Fsp3) is 0.286. The first-order valence-corrected chi connectivity index (χ1v) is 6.83. The molecular formula is C14H17N5O4. The second kappa shape index (κ2) is 6.88. The Kier molecular flexibility index (Phi) is 4.91. The van der Waals surface area contributed by atoms with Crippen molar-refractivity contribution in [2.45, 2.75) is 6.10 Å². The smallest absolute Gasteiger partial charge is 0.270 e. The van der Waals surface area contributed by atoms with Crippen molar-refractivity contribution >= 4 is 17.3 Å². The van der Waals surface area contributed by atoms with E-state index in [-0.39, 0.29) is 17.8 Å². The average molecular weight is 319 g/mol. The molecule has 0 aliphatic carbocycles. The van der Waals surface area contributed by atoms with Crippen LogP contribution in [-0.2, 0) is 7.05 Å². The SMILES string of the molecule is CNC(=O)c1cc([N+](=O)[O-])ccc1NCC(O)c1cnn(C)c1. The summed E-state index contributed by atoms with van der Waals surface area (Å²) in [4.78, 5) is 22.1. The van der Waals surface area contributed by atoms with E-state index in [4.69, 9.17) is 0 Å². The minimum atomic E-state index is -0.823. The summed E-state index contributed by atoms with van der Waals surface area (Å²) in [6.45, 7) is 0.132. The van der Waals surface area contributed by atoms with E-state index >= 15 is 0 Å². The maximum atomic E-state index is 11.9. The van der Waals surface area contributed by atoms with E-state index < -0.39 is 16.9 Å². The number of aliphatic hydroxyl groups is 1. The van der Waals surface area contributed by atoms with Crippen LogP contribution in [0.3, 0.4) is 0 Å². The molecule has 0 aliphatic rings. The number of aliphatic hydroxyl groups excluding tert-OH is 1. The monoisotopic (exact) mass is 319 g/mol. The quantitative estimate of drug-likeness (QED) is 0.535. The third-order valence-electron chi connectivity index (χ3n) is 3.28. The van der Waals surface area contributed by atoms with Crippen molar-refractivity contribution < 1.29 is 14.8 Å². The first-order valence-electron chi connectivity index (χ1n) is 6.83. The molecule has 1 aromatic carbocycles. The number of nitrogens with zero attached hydrogens (tertiary/aromatic N) is 3. The number of hydrogen-bond acceptors (Lipinski definition) is 6. The molecular weight excluding hydrogens is 302 g/mol. The summed E-state index contributed by atoms with van der Waals surface area (Å²) in [7, 11) is 3.18. The van der Waals surface area contributed by atoms with Gasteiger partial charge in [-0.25, -0.2) is 0 Å². The number of nitro benzene ring substituents is 1. The standard InChI is InChI=1S/C14H17N5O4/c1-15-14(21)11-5-10(19(22)23)3-4-12(11)16-7-13(20)9-6-17-18(2)8-9/h3-6,8,13,16,20H,7H2,1-2H3,(H,15,21). The van der Waals surface area contributed by atoms with Crippen LogP contribution in [0.5, 0.6) is 0 Å². The highest BCUT2D eigenvalue weighted by atomic mass is 16.6. The summed E-state index contributed by atoms with van der Waals surface area (Å²) in [6.07, 6.45) is 2.40. The number of aryl methyl sites for hydroxylation is 1. The minimum absolute atomic E-state index is 0.132. The minimum Gasteiger partial charge on any atom is -0.386 e. The number of rotatable bonds is 6. The molecule has 0 saturated heterocycles. The lowest BCUT2D eigenvalue weighted by atomic mass is 10.1. The summed E-state index contributed by atoms with van der Waals surface area (Å²) < 4.78 is 1.57. The van der Waals surface area contributed by atoms with E-state index in [0.29, 0.717) is 11.3 Å². The number of amides is 1. The molecule has 0 aliphatic heterocycles. The molecule has 0 fully saturated rings. The van der Waals surface area contributed by atoms with Crippen LogP contribution in [0.2, 0.25) is 0 Å². The van der Waals surface area contributed by atoms with E-state index in [1.54, 1.807) is 24.1 Å². The number of aromatic nitrogens is 2. The van der Waals surface area contributed by atoms with Gasteiger partial charge in [-0.3, -0.25) is 19.6 Å². The van der Waals surface area contributed by atoms with Gasteiger partial charge >= 0.3 is 0 Å². The molecule has 2 rings (SSSR count). The predicted octanol–water partition coefficient (Wildman–Crippen LogP) is 0.833. The third-order valence-corrected chi connectivity index (χ3v) is 3.28. The number of carbonyl (C=O) groups is 1. The summed E-state index contributed by atoms with van der Waals surface area (Å²) >= 11 is 0. The molecule has 1 atom stereocenters. The molecule has 122 valence electrons. The summed E-state index contributed by atoms with van der Waals surface area (Å²) in [5.74, 6) is -0.452. The topological polar surface area (TPSA) is 122 Å². The number of benzene rings is 1. The average Bonchev–Trinajstić information content (AvgIpc) is 2.98. The van der Waals surface area contributed by atoms with Gasteiger partial charge in [0.1, 0.15) is 0 Å². The Morgan fingerprint density at radius 2 is 2.26 bits per heavy atom. The molecule has 1 amide bonds. The third kappa shape index (κ3) is 3.83. The molecule has 9 nitrogen and oxygen atoms in total. The summed E-state index contributed by atoms with van der Waals surface area (Å²) in [5.41, 5.74) is 0.989. The second-order valence-corrected chi connectivity index (χ2v) is 4.91. The Hall–Kier alpha value is -2.94. The molecule has 0 saturated carbocycles. The maximum absolute atomic E-state index is 11.9. The van der Waals surface area contributed by atoms with Crippen LogP contribution in [-0.4, -0.2) is 39.3 Å². The summed E-state index contributed by atoms with van der Waals surface area (Å²) in [6, 6.07) is 3.93. The zero-order valence-corrected chi connectivity index (χ0v) is 12.7. The van der Waals surface area contributed by atoms with Gasteiger partial charge < -0.3 is 15.7 Å². The van der Waals surface area contributed by atoms with E-state index in [1.165, 1.54) is 25.2 Å². The molecule has 3 N–H and O–H groups in total. The Bertz CT molecular complexity index is 728. The molecule has 1 heterocycles. The lowest BCUT2D eigenvalue weighted by Gasteiger charge is -2.14. The van der Waals surface area contributed by atoms with Gasteiger partial charge in [-0.15, -0.1) is 0 Å². The largest absolute Gasteiger partial charge is 0.386 e. The van der Waals surface area contributed by atoms with Crippen LogP contribution in [0, 0.1) is 10.1 Å². The number of hydrogen-bond donors (Lipinski definition) is 3. The predicted molar refractivity (Wildman–Crippen MR) is 83.1 cm³/mol. The normalized spacial score (nSPS) is 11.8. The van der Waals surface area contributed by atoms with Gasteiger partial charge in [0.15, 0.2) is 0 Å². The molecule has 1 unspecified atom stereocenters.